The van der Waals surface area contributed by atoms with E-state index < -0.39 is 0 Å². The second kappa shape index (κ2) is 9.47. The molecule has 33 heavy (non-hydrogen) atoms. The van der Waals surface area contributed by atoms with Crippen LogP contribution in [0.5, 0.6) is 0 Å². The standard InChI is InChI=1S/C28H24ClN3O/c29-24-14-4-3-13-23(24)28(33)30-18-8-17-27-31-25-15-5-6-16-26(25)32(27)19-21-11-7-10-20-9-1-2-12-22(20)21/h1-7,9-16H,8,17-19H2,(H,30,33). The van der Waals surface area contributed by atoms with Gasteiger partial charge in [-0.1, -0.05) is 78.3 Å². The van der Waals surface area contributed by atoms with E-state index in [4.69, 9.17) is 16.6 Å². The van der Waals surface area contributed by atoms with Crippen LogP contribution in [-0.2, 0) is 13.0 Å². The van der Waals surface area contributed by atoms with Crippen molar-refractivity contribution < 1.29 is 4.79 Å². The van der Waals surface area contributed by atoms with Crippen molar-refractivity contribution in [2.45, 2.75) is 19.4 Å². The second-order valence-electron chi connectivity index (χ2n) is 8.08. The van der Waals surface area contributed by atoms with Crippen LogP contribution in [0, 0.1) is 0 Å². The van der Waals surface area contributed by atoms with Crippen LogP contribution >= 0.6 is 11.6 Å². The second-order valence-corrected chi connectivity index (χ2v) is 8.49. The molecule has 4 aromatic carbocycles. The first-order valence-electron chi connectivity index (χ1n) is 11.1. The van der Waals surface area contributed by atoms with Gasteiger partial charge < -0.3 is 9.88 Å². The molecule has 0 aliphatic rings. The Morgan fingerprint density at radius 1 is 0.879 bits per heavy atom. The van der Waals surface area contributed by atoms with Crippen molar-refractivity contribution >= 4 is 39.3 Å². The van der Waals surface area contributed by atoms with Gasteiger partial charge in [0.05, 0.1) is 21.6 Å². The van der Waals surface area contributed by atoms with Crippen LogP contribution < -0.4 is 5.32 Å². The summed E-state index contributed by atoms with van der Waals surface area (Å²) in [6.07, 6.45) is 1.55. The highest BCUT2D eigenvalue weighted by atomic mass is 35.5. The van der Waals surface area contributed by atoms with Gasteiger partial charge in [-0.2, -0.15) is 0 Å². The lowest BCUT2D eigenvalue weighted by molar-refractivity contribution is 0.0953. The molecule has 1 amide bonds. The maximum absolute atomic E-state index is 12.4. The molecule has 5 rings (SSSR count). The molecule has 164 valence electrons. The van der Waals surface area contributed by atoms with E-state index in [1.165, 1.54) is 16.3 Å². The summed E-state index contributed by atoms with van der Waals surface area (Å²) in [7, 11) is 0. The highest BCUT2D eigenvalue weighted by Gasteiger charge is 2.13. The Kier molecular flexibility index (Phi) is 6.09. The van der Waals surface area contributed by atoms with Crippen molar-refractivity contribution in [2.75, 3.05) is 6.54 Å². The zero-order chi connectivity index (χ0) is 22.6. The summed E-state index contributed by atoms with van der Waals surface area (Å²) in [4.78, 5) is 17.3. The predicted molar refractivity (Wildman–Crippen MR) is 135 cm³/mol. The summed E-state index contributed by atoms with van der Waals surface area (Å²) >= 11 is 6.14. The molecule has 0 aliphatic carbocycles. The Labute approximate surface area is 197 Å². The molecule has 5 aromatic rings. The van der Waals surface area contributed by atoms with Crippen LogP contribution in [0.1, 0.15) is 28.2 Å². The summed E-state index contributed by atoms with van der Waals surface area (Å²) in [5.41, 5.74) is 3.89. The number of hydrogen-bond donors (Lipinski definition) is 1. The van der Waals surface area contributed by atoms with E-state index in [2.05, 4.69) is 70.5 Å². The Hall–Kier alpha value is -3.63. The average Bonchev–Trinajstić information content (AvgIpc) is 3.19. The summed E-state index contributed by atoms with van der Waals surface area (Å²) in [5, 5.41) is 5.94. The first-order valence-corrected chi connectivity index (χ1v) is 11.5. The number of carbonyl (C=O) groups is 1. The van der Waals surface area contributed by atoms with Crippen LogP contribution in [0.25, 0.3) is 21.8 Å². The van der Waals surface area contributed by atoms with Crippen LogP contribution in [0.15, 0.2) is 91.0 Å². The third kappa shape index (κ3) is 4.48. The van der Waals surface area contributed by atoms with Crippen molar-refractivity contribution in [2.24, 2.45) is 0 Å². The van der Waals surface area contributed by atoms with Gasteiger partial charge in [-0.3, -0.25) is 4.79 Å². The Morgan fingerprint density at radius 2 is 1.64 bits per heavy atom. The lowest BCUT2D eigenvalue weighted by Gasteiger charge is -2.12. The lowest BCUT2D eigenvalue weighted by Crippen LogP contribution is -2.25. The number of para-hydroxylation sites is 2. The monoisotopic (exact) mass is 453 g/mol. The molecule has 0 atom stereocenters. The van der Waals surface area contributed by atoms with Gasteiger partial charge in [0.15, 0.2) is 0 Å². The average molecular weight is 454 g/mol. The van der Waals surface area contributed by atoms with E-state index in [1.807, 2.05) is 18.2 Å². The Morgan fingerprint density at radius 3 is 2.55 bits per heavy atom. The van der Waals surface area contributed by atoms with E-state index in [9.17, 15) is 4.79 Å². The lowest BCUT2D eigenvalue weighted by atomic mass is 10.0. The normalized spacial score (nSPS) is 11.2. The number of imidazole rings is 1. The molecular weight excluding hydrogens is 430 g/mol. The SMILES string of the molecule is O=C(NCCCc1nc2ccccc2n1Cc1cccc2ccccc12)c1ccccc1Cl. The maximum atomic E-state index is 12.4. The van der Waals surface area contributed by atoms with Gasteiger partial charge in [-0.15, -0.1) is 0 Å². The number of nitrogens with zero attached hydrogens (tertiary/aromatic N) is 2. The quantitative estimate of drug-likeness (QED) is 0.296. The topological polar surface area (TPSA) is 46.9 Å². The van der Waals surface area contributed by atoms with Crippen molar-refractivity contribution in [1.82, 2.24) is 14.9 Å². The number of hydrogen-bond acceptors (Lipinski definition) is 2. The fourth-order valence-electron chi connectivity index (χ4n) is 4.28. The molecule has 5 heteroatoms. The highest BCUT2D eigenvalue weighted by Crippen LogP contribution is 2.23. The maximum Gasteiger partial charge on any atom is 0.252 e. The number of aromatic nitrogens is 2. The Balaban J connectivity index is 1.35. The molecule has 0 bridgehead atoms. The number of amides is 1. The Bertz CT molecular complexity index is 1430. The van der Waals surface area contributed by atoms with Crippen molar-refractivity contribution in [3.8, 4) is 0 Å². The third-order valence-corrected chi connectivity index (χ3v) is 6.25. The predicted octanol–water partition coefficient (Wildman–Crippen LogP) is 6.25. The van der Waals surface area contributed by atoms with Crippen LogP contribution in [-0.4, -0.2) is 22.0 Å². The van der Waals surface area contributed by atoms with E-state index in [0.29, 0.717) is 17.1 Å². The number of rotatable bonds is 7. The van der Waals surface area contributed by atoms with E-state index in [1.54, 1.807) is 12.1 Å². The molecule has 1 aromatic heterocycles. The van der Waals surface area contributed by atoms with Gasteiger partial charge >= 0.3 is 0 Å². The zero-order valence-electron chi connectivity index (χ0n) is 18.2. The highest BCUT2D eigenvalue weighted by molar-refractivity contribution is 6.33. The fraction of sp³-hybridized carbons (Fsp3) is 0.143. The zero-order valence-corrected chi connectivity index (χ0v) is 18.9. The summed E-state index contributed by atoms with van der Waals surface area (Å²) in [6, 6.07) is 30.3. The number of aryl methyl sites for hydroxylation is 1. The fourth-order valence-corrected chi connectivity index (χ4v) is 4.50. The summed E-state index contributed by atoms with van der Waals surface area (Å²) in [5.74, 6) is 0.876. The first-order chi connectivity index (χ1) is 16.2. The van der Waals surface area contributed by atoms with Crippen LogP contribution in [0.4, 0.5) is 0 Å². The molecular formula is C28H24ClN3O. The summed E-state index contributed by atoms with van der Waals surface area (Å²) < 4.78 is 2.30. The minimum Gasteiger partial charge on any atom is -0.352 e. The number of carbonyl (C=O) groups excluding carboxylic acids is 1. The molecule has 0 fully saturated rings. The van der Waals surface area contributed by atoms with Gasteiger partial charge in [0.2, 0.25) is 0 Å². The molecule has 0 aliphatic heterocycles. The molecule has 0 spiro atoms. The minimum atomic E-state index is -0.148. The molecule has 0 radical (unpaired) electrons. The van der Waals surface area contributed by atoms with E-state index >= 15 is 0 Å². The van der Waals surface area contributed by atoms with Gasteiger partial charge in [0.25, 0.3) is 5.91 Å². The largest absolute Gasteiger partial charge is 0.352 e. The van der Waals surface area contributed by atoms with Gasteiger partial charge in [-0.25, -0.2) is 4.98 Å². The minimum absolute atomic E-state index is 0.148. The van der Waals surface area contributed by atoms with Gasteiger partial charge in [0, 0.05) is 19.5 Å². The molecule has 4 nitrogen and oxygen atoms in total. The number of benzene rings is 4. The third-order valence-electron chi connectivity index (χ3n) is 5.92. The number of nitrogens with one attached hydrogen (secondary N) is 1. The molecule has 0 unspecified atom stereocenters. The van der Waals surface area contributed by atoms with Gasteiger partial charge in [-0.05, 0) is 47.0 Å². The first kappa shape index (κ1) is 21.2. The van der Waals surface area contributed by atoms with Crippen molar-refractivity contribution in [3.63, 3.8) is 0 Å². The van der Waals surface area contributed by atoms with Crippen LogP contribution in [0.2, 0.25) is 5.02 Å². The van der Waals surface area contributed by atoms with E-state index in [-0.39, 0.29) is 5.91 Å². The molecule has 1 heterocycles. The van der Waals surface area contributed by atoms with Gasteiger partial charge in [0.1, 0.15) is 5.82 Å². The molecule has 1 N–H and O–H groups in total. The number of halogens is 1. The van der Waals surface area contributed by atoms with Crippen molar-refractivity contribution in [3.05, 3.63) is 113 Å². The number of fused-ring (bicyclic) bond motifs is 2. The van der Waals surface area contributed by atoms with E-state index in [0.717, 1.165) is 36.2 Å². The smallest absolute Gasteiger partial charge is 0.252 e. The molecule has 0 saturated heterocycles. The van der Waals surface area contributed by atoms with Crippen LogP contribution in [0.3, 0.4) is 0 Å². The molecule has 0 saturated carbocycles. The summed E-state index contributed by atoms with van der Waals surface area (Å²) in [6.45, 7) is 1.31. The van der Waals surface area contributed by atoms with Crippen molar-refractivity contribution in [1.29, 1.82) is 0 Å².